The molecular weight excluding hydrogens is 340 g/mol. The van der Waals surface area contributed by atoms with Crippen LogP contribution < -0.4 is 11.5 Å². The van der Waals surface area contributed by atoms with Crippen LogP contribution in [0.1, 0.15) is 16.4 Å². The van der Waals surface area contributed by atoms with Gasteiger partial charge in [0.15, 0.2) is 20.2 Å². The van der Waals surface area contributed by atoms with E-state index in [9.17, 15) is 8.42 Å². The zero-order valence-corrected chi connectivity index (χ0v) is 14.7. The van der Waals surface area contributed by atoms with E-state index in [0.717, 1.165) is 23.7 Å². The average Bonchev–Trinajstić information content (AvgIpc) is 2.38. The summed E-state index contributed by atoms with van der Waals surface area (Å²) < 4.78 is 23.8. The van der Waals surface area contributed by atoms with E-state index < -0.39 is 15.1 Å². The summed E-state index contributed by atoms with van der Waals surface area (Å²) in [5, 5.41) is 13.7. The maximum absolute atomic E-state index is 11.9. The molecule has 6 nitrogen and oxygen atoms in total. The summed E-state index contributed by atoms with van der Waals surface area (Å²) in [7, 11) is -3.28. The van der Waals surface area contributed by atoms with E-state index in [-0.39, 0.29) is 16.1 Å². The lowest BCUT2D eigenvalue weighted by Gasteiger charge is -2.15. The number of amidine groups is 2. The summed E-state index contributed by atoms with van der Waals surface area (Å²) in [6.07, 6.45) is 1.95. The highest BCUT2D eigenvalue weighted by Gasteiger charge is 2.23. The Labute approximate surface area is 139 Å². The minimum absolute atomic E-state index is 0.0912. The van der Waals surface area contributed by atoms with Gasteiger partial charge in [0.05, 0.1) is 5.25 Å². The number of benzene rings is 1. The van der Waals surface area contributed by atoms with Crippen molar-refractivity contribution in [1.29, 1.82) is 10.8 Å². The molecule has 0 aromatic heterocycles. The molecule has 0 saturated heterocycles. The Morgan fingerprint density at radius 1 is 1.14 bits per heavy atom. The zero-order valence-electron chi connectivity index (χ0n) is 12.2. The summed E-state index contributed by atoms with van der Waals surface area (Å²) >= 11 is 2.30. The van der Waals surface area contributed by atoms with Crippen LogP contribution in [0.4, 0.5) is 0 Å². The molecule has 0 heterocycles. The highest BCUT2D eigenvalue weighted by atomic mass is 32.2. The quantitative estimate of drug-likeness (QED) is 0.431. The predicted molar refractivity (Wildman–Crippen MR) is 96.5 cm³/mol. The van der Waals surface area contributed by atoms with Crippen molar-refractivity contribution in [3.8, 4) is 0 Å². The Kier molecular flexibility index (Phi) is 7.24. The molecule has 1 aromatic rings. The van der Waals surface area contributed by atoms with Crippen LogP contribution >= 0.6 is 23.5 Å². The number of rotatable bonds is 7. The van der Waals surface area contributed by atoms with Crippen molar-refractivity contribution in [3.63, 3.8) is 0 Å². The third-order valence-corrected chi connectivity index (χ3v) is 6.12. The summed E-state index contributed by atoms with van der Waals surface area (Å²) in [5.41, 5.74) is 12.3. The topological polar surface area (TPSA) is 134 Å². The number of nitrogens with two attached hydrogens (primary N) is 2. The van der Waals surface area contributed by atoms with Gasteiger partial charge in [-0.1, -0.05) is 47.8 Å². The molecule has 0 radical (unpaired) electrons. The van der Waals surface area contributed by atoms with E-state index in [1.165, 1.54) is 18.0 Å². The fourth-order valence-electron chi connectivity index (χ4n) is 1.81. The van der Waals surface area contributed by atoms with E-state index in [1.54, 1.807) is 12.1 Å². The van der Waals surface area contributed by atoms with Crippen molar-refractivity contribution in [2.75, 3.05) is 17.8 Å². The van der Waals surface area contributed by atoms with Crippen molar-refractivity contribution in [1.82, 2.24) is 0 Å². The number of aryl methyl sites for hydroxylation is 1. The molecule has 0 bridgehead atoms. The van der Waals surface area contributed by atoms with Gasteiger partial charge in [-0.25, -0.2) is 8.42 Å². The van der Waals surface area contributed by atoms with Gasteiger partial charge >= 0.3 is 0 Å². The van der Waals surface area contributed by atoms with Gasteiger partial charge in [0.1, 0.15) is 0 Å². The van der Waals surface area contributed by atoms with Crippen LogP contribution in [0.25, 0.3) is 0 Å². The van der Waals surface area contributed by atoms with Crippen LogP contribution in [0.5, 0.6) is 0 Å². The van der Waals surface area contributed by atoms with Crippen LogP contribution in [-0.2, 0) is 16.3 Å². The molecule has 9 heteroatoms. The molecule has 6 N–H and O–H groups in total. The first kappa shape index (κ1) is 18.9. The van der Waals surface area contributed by atoms with Crippen LogP contribution in [-0.4, -0.2) is 36.5 Å². The molecule has 0 aliphatic rings. The molecule has 1 aromatic carbocycles. The van der Waals surface area contributed by atoms with Gasteiger partial charge in [-0.05, 0) is 17.5 Å². The highest BCUT2D eigenvalue weighted by Crippen LogP contribution is 2.26. The molecule has 122 valence electrons. The first-order valence-electron chi connectivity index (χ1n) is 6.41. The minimum Gasteiger partial charge on any atom is -0.379 e. The van der Waals surface area contributed by atoms with Crippen LogP contribution in [0.2, 0.25) is 0 Å². The van der Waals surface area contributed by atoms with Gasteiger partial charge in [-0.2, -0.15) is 0 Å². The molecule has 0 amide bonds. The maximum Gasteiger partial charge on any atom is 0.155 e. The number of nitrogens with one attached hydrogen (secondary N) is 2. The number of thioether (sulfide) groups is 2. The Morgan fingerprint density at radius 2 is 1.68 bits per heavy atom. The summed E-state index contributed by atoms with van der Waals surface area (Å²) in [6.45, 7) is 0. The molecule has 22 heavy (non-hydrogen) atoms. The van der Waals surface area contributed by atoms with Gasteiger partial charge in [0.25, 0.3) is 0 Å². The minimum atomic E-state index is -3.28. The molecule has 0 aliphatic carbocycles. The smallest absolute Gasteiger partial charge is 0.155 e. The van der Waals surface area contributed by atoms with E-state index >= 15 is 0 Å². The molecule has 0 aliphatic heterocycles. The predicted octanol–water partition coefficient (Wildman–Crippen LogP) is 1.57. The van der Waals surface area contributed by atoms with Crippen LogP contribution in [0, 0.1) is 10.8 Å². The van der Waals surface area contributed by atoms with Crippen LogP contribution in [0.3, 0.4) is 0 Å². The first-order valence-corrected chi connectivity index (χ1v) is 10.3. The summed E-state index contributed by atoms with van der Waals surface area (Å²) in [6, 6.07) is 7.35. The van der Waals surface area contributed by atoms with Gasteiger partial charge in [0.2, 0.25) is 0 Å². The number of hydrogen-bond donors (Lipinski definition) is 4. The van der Waals surface area contributed by atoms with Gasteiger partial charge < -0.3 is 11.5 Å². The van der Waals surface area contributed by atoms with Crippen molar-refractivity contribution in [3.05, 3.63) is 35.4 Å². The summed E-state index contributed by atoms with van der Waals surface area (Å²) in [4.78, 5) is 0. The van der Waals surface area contributed by atoms with Crippen molar-refractivity contribution >= 4 is 43.7 Å². The molecular formula is C13H20N4O2S3. The molecule has 1 rings (SSSR count). The van der Waals surface area contributed by atoms with Gasteiger partial charge in [-0.15, -0.1) is 0 Å². The Balaban J connectivity index is 2.79. The molecule has 0 fully saturated rings. The maximum atomic E-state index is 11.9. The lowest BCUT2D eigenvalue weighted by atomic mass is 10.1. The Bertz CT molecular complexity index is 629. The second-order valence-corrected chi connectivity index (χ2v) is 9.12. The van der Waals surface area contributed by atoms with Crippen LogP contribution in [0.15, 0.2) is 24.3 Å². The zero-order chi connectivity index (χ0) is 16.8. The second kappa shape index (κ2) is 8.44. The third-order valence-electron chi connectivity index (χ3n) is 2.91. The molecule has 0 saturated carbocycles. The molecule has 0 spiro atoms. The fourth-order valence-corrected chi connectivity index (χ4v) is 4.74. The molecule has 1 atom stereocenters. The highest BCUT2D eigenvalue weighted by molar-refractivity contribution is 8.14. The first-order chi connectivity index (χ1) is 10.2. The lowest BCUT2D eigenvalue weighted by molar-refractivity contribution is 0.593. The van der Waals surface area contributed by atoms with E-state index in [2.05, 4.69) is 0 Å². The molecule has 0 unspecified atom stereocenters. The third kappa shape index (κ3) is 6.71. The van der Waals surface area contributed by atoms with Crippen molar-refractivity contribution in [2.45, 2.75) is 11.7 Å². The largest absolute Gasteiger partial charge is 0.379 e. The fraction of sp³-hybridized carbons (Fsp3) is 0.385. The standard InChI is InChI=1S/C13H20N4O2S3/c1-22(18,19)11(8-21-13(16)17)10-4-2-9(3-5-10)6-7-20-12(14)15/h2-5,11H,6-8H2,1H3,(H3,14,15)(H3,16,17)/t11-/m0/s1. The van der Waals surface area contributed by atoms with Crippen molar-refractivity contribution in [2.24, 2.45) is 11.5 Å². The SMILES string of the molecule is CS(=O)(=O)[C@@H](CSC(=N)N)c1ccc(CCSC(=N)N)cc1. The Morgan fingerprint density at radius 3 is 2.14 bits per heavy atom. The normalized spacial score (nSPS) is 12.8. The number of sulfone groups is 1. The van der Waals surface area contributed by atoms with E-state index in [0.29, 0.717) is 11.3 Å². The van der Waals surface area contributed by atoms with E-state index in [1.807, 2.05) is 12.1 Å². The second-order valence-electron chi connectivity index (χ2n) is 4.70. The van der Waals surface area contributed by atoms with Crippen molar-refractivity contribution < 1.29 is 8.42 Å². The lowest BCUT2D eigenvalue weighted by Crippen LogP contribution is -2.17. The van der Waals surface area contributed by atoms with E-state index in [4.69, 9.17) is 22.3 Å². The summed E-state index contributed by atoms with van der Waals surface area (Å²) in [5.74, 6) is 0.943. The van der Waals surface area contributed by atoms with Gasteiger partial charge in [0, 0.05) is 17.8 Å². The monoisotopic (exact) mass is 360 g/mol. The Hall–Kier alpha value is -1.19. The van der Waals surface area contributed by atoms with Gasteiger partial charge in [-0.3, -0.25) is 10.8 Å². The number of hydrogen-bond acceptors (Lipinski definition) is 6. The average molecular weight is 361 g/mol.